The smallest absolute Gasteiger partial charge is 0.265 e. The second kappa shape index (κ2) is 6.18. The zero-order chi connectivity index (χ0) is 16.6. The lowest BCUT2D eigenvalue weighted by atomic mass is 9.97. The lowest BCUT2D eigenvalue weighted by Gasteiger charge is -2.19. The van der Waals surface area contributed by atoms with E-state index in [9.17, 15) is 22.0 Å². The average molecular weight is 405 g/mol. The van der Waals surface area contributed by atoms with Crippen molar-refractivity contribution in [2.45, 2.75) is 25.7 Å². The van der Waals surface area contributed by atoms with Gasteiger partial charge in [0.1, 0.15) is 16.3 Å². The molecule has 0 saturated heterocycles. The van der Waals surface area contributed by atoms with Crippen LogP contribution in [-0.2, 0) is 9.05 Å². The molecule has 0 unspecified atom stereocenters. The van der Waals surface area contributed by atoms with Gasteiger partial charge in [0.05, 0.1) is 0 Å². The van der Waals surface area contributed by atoms with Crippen LogP contribution in [-0.4, -0.2) is 20.9 Å². The van der Waals surface area contributed by atoms with Gasteiger partial charge in [0.25, 0.3) is 15.0 Å². The first kappa shape index (κ1) is 18.3. The molecule has 1 aromatic carbocycles. The van der Waals surface area contributed by atoms with Crippen molar-refractivity contribution >= 4 is 41.6 Å². The number of hydrogen-bond donors (Lipinski definition) is 1. The van der Waals surface area contributed by atoms with E-state index in [1.54, 1.807) is 0 Å². The molecule has 0 spiro atoms. The van der Waals surface area contributed by atoms with Gasteiger partial charge in [-0.25, -0.2) is 17.2 Å². The Morgan fingerprint density at radius 2 is 1.90 bits per heavy atom. The lowest BCUT2D eigenvalue weighted by Crippen LogP contribution is -2.33. The van der Waals surface area contributed by atoms with Gasteiger partial charge in [-0.3, -0.25) is 4.79 Å². The number of benzene rings is 1. The molecule has 1 aromatic rings. The molecule has 0 heterocycles. The Bertz CT molecular complexity index is 687. The summed E-state index contributed by atoms with van der Waals surface area (Å²) in [5, 5.41) is 2.35. The quantitative estimate of drug-likeness (QED) is 0.785. The van der Waals surface area contributed by atoms with Crippen molar-refractivity contribution in [1.29, 1.82) is 0 Å². The number of amides is 1. The normalized spacial score (nSPS) is 12.3. The Morgan fingerprint density at radius 1 is 1.38 bits per heavy atom. The number of carbonyl (C=O) groups is 1. The molecule has 1 N–H and O–H groups in total. The van der Waals surface area contributed by atoms with Crippen molar-refractivity contribution in [3.8, 4) is 0 Å². The summed E-state index contributed by atoms with van der Waals surface area (Å²) in [5.74, 6) is -3.76. The van der Waals surface area contributed by atoms with Gasteiger partial charge in [0.2, 0.25) is 0 Å². The van der Waals surface area contributed by atoms with Crippen LogP contribution in [0.5, 0.6) is 0 Å². The van der Waals surface area contributed by atoms with Gasteiger partial charge >= 0.3 is 0 Å². The summed E-state index contributed by atoms with van der Waals surface area (Å²) in [5.41, 5.74) is -1.29. The lowest BCUT2D eigenvalue weighted by molar-refractivity contribution is 0.0930. The zero-order valence-corrected chi connectivity index (χ0v) is 14.6. The van der Waals surface area contributed by atoms with Crippen LogP contribution in [0.25, 0.3) is 0 Å². The molecule has 1 rings (SSSR count). The minimum atomic E-state index is -4.48. The molecular weight excluding hydrogens is 392 g/mol. The van der Waals surface area contributed by atoms with Crippen molar-refractivity contribution < 1.29 is 22.0 Å². The van der Waals surface area contributed by atoms with E-state index in [0.29, 0.717) is 6.07 Å². The third-order valence-corrected chi connectivity index (χ3v) is 4.62. The van der Waals surface area contributed by atoms with Gasteiger partial charge in [0, 0.05) is 21.7 Å². The van der Waals surface area contributed by atoms with Crippen molar-refractivity contribution in [2.24, 2.45) is 5.41 Å². The summed E-state index contributed by atoms with van der Waals surface area (Å²) in [7, 11) is 0.619. The topological polar surface area (TPSA) is 63.2 Å². The van der Waals surface area contributed by atoms with Crippen LogP contribution in [0.1, 0.15) is 31.1 Å². The molecule has 0 aliphatic carbocycles. The number of nitrogens with one attached hydrogen (secondary N) is 1. The van der Waals surface area contributed by atoms with Crippen molar-refractivity contribution in [1.82, 2.24) is 5.32 Å². The minimum Gasteiger partial charge on any atom is -0.351 e. The maximum absolute atomic E-state index is 14.2. The first-order valence-corrected chi connectivity index (χ1v) is 8.85. The standard InChI is InChI=1S/C12H13BrClF2NO3S/c1-12(2,3)5-17-11(18)8-7(15)4-6(13)10(9(8)16)21(14,19)20/h4H,5H2,1-3H3,(H,17,18). The maximum Gasteiger partial charge on any atom is 0.265 e. The van der Waals surface area contributed by atoms with E-state index in [-0.39, 0.29) is 16.4 Å². The second-order valence-corrected chi connectivity index (χ2v) is 8.90. The molecule has 0 aromatic heterocycles. The highest BCUT2D eigenvalue weighted by Crippen LogP contribution is 2.31. The molecule has 0 saturated carbocycles. The first-order chi connectivity index (χ1) is 9.34. The SMILES string of the molecule is CC(C)(C)CNC(=O)c1c(F)cc(Br)c(S(=O)(=O)Cl)c1F. The predicted molar refractivity (Wildman–Crippen MR) is 78.9 cm³/mol. The summed E-state index contributed by atoms with van der Waals surface area (Å²) in [6.45, 7) is 5.60. The molecule has 0 aliphatic heterocycles. The second-order valence-electron chi connectivity index (χ2n) is 5.54. The molecule has 0 radical (unpaired) electrons. The molecule has 118 valence electrons. The molecule has 9 heteroatoms. The Morgan fingerprint density at radius 3 is 2.33 bits per heavy atom. The number of halogens is 4. The van der Waals surface area contributed by atoms with E-state index in [1.165, 1.54) is 0 Å². The summed E-state index contributed by atoms with van der Waals surface area (Å²) in [6.07, 6.45) is 0. The van der Waals surface area contributed by atoms with Gasteiger partial charge in [-0.1, -0.05) is 20.8 Å². The highest BCUT2D eigenvalue weighted by Gasteiger charge is 2.29. The van der Waals surface area contributed by atoms with E-state index < -0.39 is 37.1 Å². The third-order valence-electron chi connectivity index (χ3n) is 2.38. The first-order valence-electron chi connectivity index (χ1n) is 5.75. The van der Waals surface area contributed by atoms with Crippen LogP contribution >= 0.6 is 26.6 Å². The Hall–Kier alpha value is -0.730. The van der Waals surface area contributed by atoms with Gasteiger partial charge in [0.15, 0.2) is 5.82 Å². The summed E-state index contributed by atoms with van der Waals surface area (Å²) < 4.78 is 50.2. The number of rotatable bonds is 3. The zero-order valence-electron chi connectivity index (χ0n) is 11.4. The van der Waals surface area contributed by atoms with Crippen molar-refractivity contribution in [2.75, 3.05) is 6.54 Å². The monoisotopic (exact) mass is 403 g/mol. The molecular formula is C12H13BrClF2NO3S. The number of carbonyl (C=O) groups excluding carboxylic acids is 1. The van der Waals surface area contributed by atoms with Crippen molar-refractivity contribution in [3.05, 3.63) is 27.7 Å². The van der Waals surface area contributed by atoms with E-state index in [4.69, 9.17) is 10.7 Å². The third kappa shape index (κ3) is 4.62. The molecule has 1 amide bonds. The van der Waals surface area contributed by atoms with Crippen LogP contribution in [0.15, 0.2) is 15.4 Å². The predicted octanol–water partition coefficient (Wildman–Crippen LogP) is 3.43. The molecule has 4 nitrogen and oxygen atoms in total. The van der Waals surface area contributed by atoms with Gasteiger partial charge in [-0.15, -0.1) is 0 Å². The summed E-state index contributed by atoms with van der Waals surface area (Å²) in [4.78, 5) is 10.9. The molecule has 0 atom stereocenters. The Labute approximate surface area is 134 Å². The van der Waals surface area contributed by atoms with Crippen molar-refractivity contribution in [3.63, 3.8) is 0 Å². The van der Waals surface area contributed by atoms with E-state index in [1.807, 2.05) is 20.8 Å². The molecule has 0 bridgehead atoms. The van der Waals surface area contributed by atoms with E-state index in [2.05, 4.69) is 21.2 Å². The fourth-order valence-electron chi connectivity index (χ4n) is 1.44. The van der Waals surface area contributed by atoms with Crippen LogP contribution in [0.3, 0.4) is 0 Å². The summed E-state index contributed by atoms with van der Waals surface area (Å²) >= 11 is 2.71. The van der Waals surface area contributed by atoms with Crippen LogP contribution in [0.4, 0.5) is 8.78 Å². The fraction of sp³-hybridized carbons (Fsp3) is 0.417. The van der Waals surface area contributed by atoms with Crippen LogP contribution in [0.2, 0.25) is 0 Å². The minimum absolute atomic E-state index is 0.156. The largest absolute Gasteiger partial charge is 0.351 e. The fourth-order valence-corrected chi connectivity index (χ4v) is 3.79. The molecule has 0 fully saturated rings. The van der Waals surface area contributed by atoms with Crippen LogP contribution < -0.4 is 5.32 Å². The Balaban J connectivity index is 3.35. The van der Waals surface area contributed by atoms with E-state index >= 15 is 0 Å². The molecule has 21 heavy (non-hydrogen) atoms. The van der Waals surface area contributed by atoms with Gasteiger partial charge < -0.3 is 5.32 Å². The Kier molecular flexibility index (Phi) is 5.39. The van der Waals surface area contributed by atoms with Crippen LogP contribution in [0, 0.1) is 17.0 Å². The average Bonchev–Trinajstić information content (AvgIpc) is 2.22. The molecule has 0 aliphatic rings. The van der Waals surface area contributed by atoms with Gasteiger partial charge in [-0.05, 0) is 27.4 Å². The highest BCUT2D eigenvalue weighted by molar-refractivity contribution is 9.10. The van der Waals surface area contributed by atoms with Gasteiger partial charge in [-0.2, -0.15) is 0 Å². The number of hydrogen-bond acceptors (Lipinski definition) is 3. The van der Waals surface area contributed by atoms with E-state index in [0.717, 1.165) is 0 Å². The summed E-state index contributed by atoms with van der Waals surface area (Å²) in [6, 6.07) is 0.685. The highest BCUT2D eigenvalue weighted by atomic mass is 79.9. The maximum atomic E-state index is 14.2.